The van der Waals surface area contributed by atoms with Crippen molar-refractivity contribution in [3.8, 4) is 0 Å². The summed E-state index contributed by atoms with van der Waals surface area (Å²) in [5, 5.41) is 10.8. The van der Waals surface area contributed by atoms with Gasteiger partial charge < -0.3 is 16.6 Å². The summed E-state index contributed by atoms with van der Waals surface area (Å²) < 4.78 is 0. The van der Waals surface area contributed by atoms with Crippen LogP contribution in [0.25, 0.3) is 0 Å². The molecule has 5 nitrogen and oxygen atoms in total. The average molecular weight is 210 g/mol. The van der Waals surface area contributed by atoms with E-state index in [2.05, 4.69) is 11.9 Å². The van der Waals surface area contributed by atoms with Crippen molar-refractivity contribution >= 4 is 18.4 Å². The first kappa shape index (κ1) is 14.9. The third-order valence-corrected chi connectivity index (χ3v) is 1.33. The Bertz CT molecular complexity index is 173. The summed E-state index contributed by atoms with van der Waals surface area (Å²) in [6.45, 7) is 3.27. The van der Waals surface area contributed by atoms with Crippen LogP contribution in [0.2, 0.25) is 0 Å². The molecule has 0 saturated heterocycles. The molecule has 0 aromatic rings. The van der Waals surface area contributed by atoms with Gasteiger partial charge in [0.05, 0.1) is 6.54 Å². The van der Waals surface area contributed by atoms with Crippen molar-refractivity contribution in [3.63, 3.8) is 0 Å². The SMILES string of the molecule is C=CCCC(N)(N)NCC(=O)O.Cl. The third kappa shape index (κ3) is 9.29. The molecule has 0 spiro atoms. The van der Waals surface area contributed by atoms with E-state index in [1.165, 1.54) is 0 Å². The smallest absolute Gasteiger partial charge is 0.317 e. The molecule has 0 saturated carbocycles. The topological polar surface area (TPSA) is 101 Å². The Hall–Kier alpha value is -0.620. The van der Waals surface area contributed by atoms with E-state index >= 15 is 0 Å². The second-order valence-corrected chi connectivity index (χ2v) is 2.62. The number of hydrogen-bond acceptors (Lipinski definition) is 4. The number of nitrogens with one attached hydrogen (secondary N) is 1. The molecular formula is C7H16ClN3O2. The Balaban J connectivity index is 0. The minimum Gasteiger partial charge on any atom is -0.480 e. The number of carboxylic acids is 1. The molecule has 0 fully saturated rings. The van der Waals surface area contributed by atoms with Crippen LogP contribution in [0.4, 0.5) is 0 Å². The second-order valence-electron chi connectivity index (χ2n) is 2.62. The van der Waals surface area contributed by atoms with Crippen molar-refractivity contribution in [2.45, 2.75) is 18.6 Å². The number of carbonyl (C=O) groups is 1. The Labute approximate surface area is 83.6 Å². The van der Waals surface area contributed by atoms with E-state index in [1.54, 1.807) is 6.08 Å². The van der Waals surface area contributed by atoms with E-state index in [0.29, 0.717) is 12.8 Å². The van der Waals surface area contributed by atoms with E-state index < -0.39 is 11.8 Å². The molecule has 0 radical (unpaired) electrons. The molecule has 0 atom stereocenters. The first-order valence-electron chi connectivity index (χ1n) is 3.63. The van der Waals surface area contributed by atoms with Crippen LogP contribution < -0.4 is 16.8 Å². The number of allylic oxidation sites excluding steroid dienone is 1. The second kappa shape index (κ2) is 6.85. The highest BCUT2D eigenvalue weighted by molar-refractivity contribution is 5.85. The first-order chi connectivity index (χ1) is 5.48. The van der Waals surface area contributed by atoms with Crippen molar-refractivity contribution in [3.05, 3.63) is 12.7 Å². The first-order valence-corrected chi connectivity index (χ1v) is 3.63. The predicted octanol–water partition coefficient (Wildman–Crippen LogP) is -0.380. The normalized spacial score (nSPS) is 10.3. The molecule has 0 heterocycles. The van der Waals surface area contributed by atoms with Gasteiger partial charge >= 0.3 is 5.97 Å². The van der Waals surface area contributed by atoms with Crippen LogP contribution >= 0.6 is 12.4 Å². The van der Waals surface area contributed by atoms with E-state index in [1.807, 2.05) is 0 Å². The number of nitrogens with two attached hydrogens (primary N) is 2. The summed E-state index contributed by atoms with van der Waals surface area (Å²) in [4.78, 5) is 10.1. The zero-order valence-corrected chi connectivity index (χ0v) is 8.14. The van der Waals surface area contributed by atoms with Gasteiger partial charge in [-0.05, 0) is 12.8 Å². The molecule has 0 aliphatic rings. The fraction of sp³-hybridized carbons (Fsp3) is 0.571. The number of halogens is 1. The van der Waals surface area contributed by atoms with E-state index in [-0.39, 0.29) is 19.0 Å². The van der Waals surface area contributed by atoms with Gasteiger partial charge in [-0.1, -0.05) is 6.08 Å². The van der Waals surface area contributed by atoms with Crippen molar-refractivity contribution in [1.29, 1.82) is 0 Å². The molecule has 0 aromatic carbocycles. The number of hydrogen-bond donors (Lipinski definition) is 4. The van der Waals surface area contributed by atoms with Crippen LogP contribution in [0, 0.1) is 0 Å². The molecule has 0 rings (SSSR count). The van der Waals surface area contributed by atoms with Gasteiger partial charge in [-0.2, -0.15) is 0 Å². The Morgan fingerprint density at radius 1 is 1.62 bits per heavy atom. The van der Waals surface area contributed by atoms with Crippen molar-refractivity contribution < 1.29 is 9.90 Å². The summed E-state index contributed by atoms with van der Waals surface area (Å²) in [6.07, 6.45) is 2.79. The monoisotopic (exact) mass is 209 g/mol. The fourth-order valence-electron chi connectivity index (χ4n) is 0.669. The molecule has 6 N–H and O–H groups in total. The Morgan fingerprint density at radius 3 is 2.54 bits per heavy atom. The zero-order chi connectivity index (χ0) is 9.61. The van der Waals surface area contributed by atoms with Gasteiger partial charge in [0.2, 0.25) is 0 Å². The summed E-state index contributed by atoms with van der Waals surface area (Å²) in [5.74, 6) is -2.10. The molecule has 0 aliphatic carbocycles. The molecule has 0 aromatic heterocycles. The maximum Gasteiger partial charge on any atom is 0.317 e. The van der Waals surface area contributed by atoms with Gasteiger partial charge in [-0.25, -0.2) is 0 Å². The summed E-state index contributed by atoms with van der Waals surface area (Å²) >= 11 is 0. The molecule has 0 aliphatic heterocycles. The molecule has 13 heavy (non-hydrogen) atoms. The molecule has 0 bridgehead atoms. The molecule has 6 heteroatoms. The largest absolute Gasteiger partial charge is 0.480 e. The predicted molar refractivity (Wildman–Crippen MR) is 53.4 cm³/mol. The quantitative estimate of drug-likeness (QED) is 0.353. The van der Waals surface area contributed by atoms with E-state index in [4.69, 9.17) is 16.6 Å². The molecule has 78 valence electrons. The van der Waals surface area contributed by atoms with Gasteiger partial charge in [0.25, 0.3) is 0 Å². The average Bonchev–Trinajstić information content (AvgIpc) is 1.98. The summed E-state index contributed by atoms with van der Waals surface area (Å²) in [6, 6.07) is 0. The van der Waals surface area contributed by atoms with Gasteiger partial charge in [-0.3, -0.25) is 10.1 Å². The summed E-state index contributed by atoms with van der Waals surface area (Å²) in [5.41, 5.74) is 11.0. The van der Waals surface area contributed by atoms with Crippen molar-refractivity contribution in [2.24, 2.45) is 11.5 Å². The van der Waals surface area contributed by atoms with Gasteiger partial charge in [0, 0.05) is 0 Å². The van der Waals surface area contributed by atoms with Crippen LogP contribution in [0.5, 0.6) is 0 Å². The lowest BCUT2D eigenvalue weighted by Crippen LogP contribution is -2.62. The van der Waals surface area contributed by atoms with Crippen molar-refractivity contribution in [2.75, 3.05) is 6.54 Å². The number of aliphatic carboxylic acids is 1. The van der Waals surface area contributed by atoms with Gasteiger partial charge in [0.1, 0.15) is 5.79 Å². The minimum atomic E-state index is -1.12. The molecular weight excluding hydrogens is 194 g/mol. The van der Waals surface area contributed by atoms with Crippen LogP contribution in [-0.4, -0.2) is 23.4 Å². The van der Waals surface area contributed by atoms with Crippen LogP contribution in [0.3, 0.4) is 0 Å². The number of rotatable bonds is 6. The summed E-state index contributed by atoms with van der Waals surface area (Å²) in [7, 11) is 0. The highest BCUT2D eigenvalue weighted by Gasteiger charge is 2.17. The van der Waals surface area contributed by atoms with Gasteiger partial charge in [0.15, 0.2) is 0 Å². The van der Waals surface area contributed by atoms with E-state index in [0.717, 1.165) is 0 Å². The lowest BCUT2D eigenvalue weighted by Gasteiger charge is -2.24. The Morgan fingerprint density at radius 2 is 2.15 bits per heavy atom. The zero-order valence-electron chi connectivity index (χ0n) is 7.32. The van der Waals surface area contributed by atoms with Crippen LogP contribution in [-0.2, 0) is 4.79 Å². The molecule has 0 amide bonds. The third-order valence-electron chi connectivity index (χ3n) is 1.33. The highest BCUT2D eigenvalue weighted by atomic mass is 35.5. The van der Waals surface area contributed by atoms with Crippen LogP contribution in [0.1, 0.15) is 12.8 Å². The van der Waals surface area contributed by atoms with Crippen LogP contribution in [0.15, 0.2) is 12.7 Å². The number of carboxylic acid groups (broad SMARTS) is 1. The highest BCUT2D eigenvalue weighted by Crippen LogP contribution is 1.98. The lowest BCUT2D eigenvalue weighted by atomic mass is 10.2. The minimum absolute atomic E-state index is 0. The molecule has 0 unspecified atom stereocenters. The lowest BCUT2D eigenvalue weighted by molar-refractivity contribution is -0.136. The maximum absolute atomic E-state index is 10.1. The Kier molecular flexibility index (Phi) is 7.84. The maximum atomic E-state index is 10.1. The standard InChI is InChI=1S/C7H15N3O2.ClH/c1-2-3-4-7(8,9)10-5-6(11)12;/h2,10H,1,3-5,8-9H2,(H,11,12);1H. The fourth-order valence-corrected chi connectivity index (χ4v) is 0.669. The van der Waals surface area contributed by atoms with Crippen molar-refractivity contribution in [1.82, 2.24) is 5.32 Å². The van der Waals surface area contributed by atoms with E-state index in [9.17, 15) is 4.79 Å². The van der Waals surface area contributed by atoms with Gasteiger partial charge in [-0.15, -0.1) is 19.0 Å².